The monoisotopic (exact) mass is 284 g/mol. The Hall–Kier alpha value is -2.12. The number of ether oxygens (including phenoxy) is 2. The molecule has 0 spiro atoms. The van der Waals surface area contributed by atoms with Crippen LogP contribution in [0.4, 0.5) is 4.79 Å². The molecule has 0 saturated carbocycles. The molecule has 7 nitrogen and oxygen atoms in total. The van der Waals surface area contributed by atoms with Crippen LogP contribution in [-0.4, -0.2) is 31.9 Å². The van der Waals surface area contributed by atoms with Gasteiger partial charge in [0.1, 0.15) is 6.61 Å². The van der Waals surface area contributed by atoms with E-state index in [9.17, 15) is 9.59 Å². The zero-order valence-corrected chi connectivity index (χ0v) is 11.3. The van der Waals surface area contributed by atoms with Gasteiger partial charge in [-0.2, -0.15) is 0 Å². The van der Waals surface area contributed by atoms with Gasteiger partial charge in [-0.05, 0) is 26.0 Å². The first kappa shape index (κ1) is 15.9. The van der Waals surface area contributed by atoms with Crippen molar-refractivity contribution in [1.82, 2.24) is 0 Å². The number of hydrogen-bond acceptors (Lipinski definition) is 7. The average Bonchev–Trinajstić information content (AvgIpc) is 2.44. The molecule has 0 atom stereocenters. The van der Waals surface area contributed by atoms with Crippen LogP contribution >= 0.6 is 0 Å². The molecule has 7 heteroatoms. The third-order valence-electron chi connectivity index (χ3n) is 2.15. The SMILES string of the molecule is CCOCCOC(=O)OOOC(=O)c1ccc(C)cc1. The molecule has 0 aliphatic heterocycles. The molecule has 0 aromatic heterocycles. The van der Waals surface area contributed by atoms with Crippen LogP contribution in [0.15, 0.2) is 24.3 Å². The Morgan fingerprint density at radius 3 is 2.40 bits per heavy atom. The number of benzene rings is 1. The van der Waals surface area contributed by atoms with Crippen molar-refractivity contribution in [2.24, 2.45) is 0 Å². The molecule has 1 aromatic carbocycles. The van der Waals surface area contributed by atoms with Crippen molar-refractivity contribution in [1.29, 1.82) is 0 Å². The lowest BCUT2D eigenvalue weighted by Crippen LogP contribution is -2.14. The second-order valence-electron chi connectivity index (χ2n) is 3.68. The fourth-order valence-electron chi connectivity index (χ4n) is 1.17. The first-order valence-electron chi connectivity index (χ1n) is 6.00. The summed E-state index contributed by atoms with van der Waals surface area (Å²) >= 11 is 0. The maximum absolute atomic E-state index is 11.4. The number of carbonyl (C=O) groups excluding carboxylic acids is 2. The molecule has 0 amide bonds. The van der Waals surface area contributed by atoms with E-state index in [2.05, 4.69) is 19.6 Å². The van der Waals surface area contributed by atoms with Crippen LogP contribution in [0.1, 0.15) is 22.8 Å². The van der Waals surface area contributed by atoms with Gasteiger partial charge in [0.2, 0.25) is 0 Å². The Kier molecular flexibility index (Phi) is 7.08. The van der Waals surface area contributed by atoms with Gasteiger partial charge in [-0.3, -0.25) is 4.89 Å². The zero-order chi connectivity index (χ0) is 14.8. The molecule has 0 saturated heterocycles. The third-order valence-corrected chi connectivity index (χ3v) is 2.15. The topological polar surface area (TPSA) is 80.3 Å². The molecule has 0 bridgehead atoms. The van der Waals surface area contributed by atoms with Crippen molar-refractivity contribution in [2.75, 3.05) is 19.8 Å². The predicted molar refractivity (Wildman–Crippen MR) is 66.6 cm³/mol. The van der Waals surface area contributed by atoms with E-state index >= 15 is 0 Å². The minimum absolute atomic E-state index is 0.0158. The van der Waals surface area contributed by atoms with Gasteiger partial charge in [0.05, 0.1) is 17.2 Å². The molecule has 0 aliphatic carbocycles. The van der Waals surface area contributed by atoms with Crippen LogP contribution in [0, 0.1) is 6.92 Å². The molecule has 0 N–H and O–H groups in total. The summed E-state index contributed by atoms with van der Waals surface area (Å²) in [7, 11) is 0. The summed E-state index contributed by atoms with van der Waals surface area (Å²) in [6.45, 7) is 4.47. The molecule has 110 valence electrons. The fraction of sp³-hybridized carbons (Fsp3) is 0.385. The highest BCUT2D eigenvalue weighted by Crippen LogP contribution is 2.05. The van der Waals surface area contributed by atoms with Crippen LogP contribution in [0.2, 0.25) is 0 Å². The minimum atomic E-state index is -1.12. The third kappa shape index (κ3) is 6.17. The van der Waals surface area contributed by atoms with E-state index in [-0.39, 0.29) is 18.8 Å². The Labute approximate surface area is 116 Å². The lowest BCUT2D eigenvalue weighted by molar-refractivity contribution is -0.452. The molecular weight excluding hydrogens is 268 g/mol. The van der Waals surface area contributed by atoms with Gasteiger partial charge in [-0.15, -0.1) is 0 Å². The van der Waals surface area contributed by atoms with Crippen LogP contribution < -0.4 is 0 Å². The minimum Gasteiger partial charge on any atom is -0.430 e. The number of rotatable bonds is 7. The Bertz CT molecular complexity index is 427. The number of hydrogen-bond donors (Lipinski definition) is 0. The highest BCUT2D eigenvalue weighted by Gasteiger charge is 2.11. The van der Waals surface area contributed by atoms with E-state index < -0.39 is 12.1 Å². The first-order valence-corrected chi connectivity index (χ1v) is 6.00. The lowest BCUT2D eigenvalue weighted by atomic mass is 10.2. The summed E-state index contributed by atoms with van der Waals surface area (Å²) in [5.41, 5.74) is 1.26. The van der Waals surface area contributed by atoms with Gasteiger partial charge in [-0.25, -0.2) is 14.5 Å². The van der Waals surface area contributed by atoms with Gasteiger partial charge < -0.3 is 9.47 Å². The summed E-state index contributed by atoms with van der Waals surface area (Å²) < 4.78 is 9.48. The molecule has 1 rings (SSSR count). The molecule has 0 heterocycles. The van der Waals surface area contributed by atoms with Crippen molar-refractivity contribution in [2.45, 2.75) is 13.8 Å². The van der Waals surface area contributed by atoms with E-state index in [1.807, 2.05) is 13.8 Å². The molecule has 0 radical (unpaired) electrons. The van der Waals surface area contributed by atoms with Gasteiger partial charge in [0.15, 0.2) is 0 Å². The van der Waals surface area contributed by atoms with Gasteiger partial charge in [-0.1, -0.05) is 17.7 Å². The van der Waals surface area contributed by atoms with Gasteiger partial charge in [0.25, 0.3) is 0 Å². The summed E-state index contributed by atoms with van der Waals surface area (Å²) in [4.78, 5) is 30.7. The molecule has 20 heavy (non-hydrogen) atoms. The summed E-state index contributed by atoms with van der Waals surface area (Å²) in [6, 6.07) is 6.59. The Morgan fingerprint density at radius 2 is 1.75 bits per heavy atom. The number of carbonyl (C=O) groups is 2. The second kappa shape index (κ2) is 8.89. The summed E-state index contributed by atoms with van der Waals surface area (Å²) in [6.07, 6.45) is -1.12. The van der Waals surface area contributed by atoms with E-state index in [1.165, 1.54) is 0 Å². The maximum atomic E-state index is 11.4. The highest BCUT2D eigenvalue weighted by atomic mass is 17.5. The van der Waals surface area contributed by atoms with Crippen LogP contribution in [0.3, 0.4) is 0 Å². The standard InChI is InChI=1S/C13H16O7/c1-3-16-8-9-17-13(15)19-20-18-12(14)11-6-4-10(2)5-7-11/h4-7H,3,8-9H2,1-2H3. The van der Waals surface area contributed by atoms with Gasteiger partial charge in [0, 0.05) is 6.61 Å². The van der Waals surface area contributed by atoms with Crippen molar-refractivity contribution >= 4 is 12.1 Å². The maximum Gasteiger partial charge on any atom is 0.543 e. The summed E-state index contributed by atoms with van der Waals surface area (Å²) in [5.74, 6) is -0.785. The van der Waals surface area contributed by atoms with E-state index in [4.69, 9.17) is 4.74 Å². The van der Waals surface area contributed by atoms with E-state index in [1.54, 1.807) is 24.3 Å². The zero-order valence-electron chi connectivity index (χ0n) is 11.3. The van der Waals surface area contributed by atoms with Crippen molar-refractivity contribution in [3.8, 4) is 0 Å². The highest BCUT2D eigenvalue weighted by molar-refractivity contribution is 5.88. The Morgan fingerprint density at radius 1 is 1.05 bits per heavy atom. The first-order chi connectivity index (χ1) is 9.63. The van der Waals surface area contributed by atoms with Gasteiger partial charge >= 0.3 is 12.1 Å². The van der Waals surface area contributed by atoms with Crippen LogP contribution in [0.25, 0.3) is 0 Å². The largest absolute Gasteiger partial charge is 0.543 e. The molecule has 0 aliphatic rings. The van der Waals surface area contributed by atoms with Crippen molar-refractivity contribution < 1.29 is 33.9 Å². The van der Waals surface area contributed by atoms with Crippen molar-refractivity contribution in [3.05, 3.63) is 35.4 Å². The molecule has 0 unspecified atom stereocenters. The molecule has 1 aromatic rings. The predicted octanol–water partition coefficient (Wildman–Crippen LogP) is 2.19. The second-order valence-corrected chi connectivity index (χ2v) is 3.68. The van der Waals surface area contributed by atoms with Crippen LogP contribution in [-0.2, 0) is 24.3 Å². The normalized spacial score (nSPS) is 9.90. The average molecular weight is 284 g/mol. The van der Waals surface area contributed by atoms with Crippen LogP contribution in [0.5, 0.6) is 0 Å². The summed E-state index contributed by atoms with van der Waals surface area (Å²) in [5, 5.41) is 4.03. The smallest absolute Gasteiger partial charge is 0.430 e. The van der Waals surface area contributed by atoms with E-state index in [0.29, 0.717) is 6.61 Å². The number of aryl methyl sites for hydroxylation is 1. The quantitative estimate of drug-likeness (QED) is 0.328. The molecule has 0 fully saturated rings. The van der Waals surface area contributed by atoms with Crippen molar-refractivity contribution in [3.63, 3.8) is 0 Å². The van der Waals surface area contributed by atoms with E-state index in [0.717, 1.165) is 5.56 Å². The lowest BCUT2D eigenvalue weighted by Gasteiger charge is -2.04. The fourth-order valence-corrected chi connectivity index (χ4v) is 1.17. The Balaban J connectivity index is 2.18. The molecular formula is C13H16O7.